The lowest BCUT2D eigenvalue weighted by molar-refractivity contribution is 1.34. The molecule has 30 heavy (non-hydrogen) atoms. The Morgan fingerprint density at radius 3 is 1.47 bits per heavy atom. The predicted octanol–water partition coefficient (Wildman–Crippen LogP) is 6.50. The highest BCUT2D eigenvalue weighted by Gasteiger charge is 2.45. The fraction of sp³-hybridized carbons (Fsp3) is 0. The Morgan fingerprint density at radius 2 is 0.900 bits per heavy atom. The summed E-state index contributed by atoms with van der Waals surface area (Å²) in [5.74, 6) is 0. The summed E-state index contributed by atoms with van der Waals surface area (Å²) in [6.45, 7) is 0. The minimum absolute atomic E-state index is 0.434. The Hall–Kier alpha value is -1.59. The lowest BCUT2D eigenvalue weighted by atomic mass is 9.67. The van der Waals surface area contributed by atoms with Crippen LogP contribution in [-0.4, -0.2) is 10.5 Å². The van der Waals surface area contributed by atoms with Crippen molar-refractivity contribution < 1.29 is 0 Å². The van der Waals surface area contributed by atoms with Crippen LogP contribution in [0.1, 0.15) is 0 Å². The third-order valence-electron chi connectivity index (χ3n) is 6.41. The average molecular weight is 450 g/mol. The summed E-state index contributed by atoms with van der Waals surface area (Å²) < 4.78 is 0. The van der Waals surface area contributed by atoms with Crippen LogP contribution in [-0.2, 0) is 0 Å². The van der Waals surface area contributed by atoms with Crippen LogP contribution >= 0.6 is 46.5 Å². The van der Waals surface area contributed by atoms with Crippen molar-refractivity contribution in [2.45, 2.75) is 19.6 Å². The molecule has 4 aromatic rings. The quantitative estimate of drug-likeness (QED) is 0.281. The van der Waals surface area contributed by atoms with Crippen LogP contribution in [0.25, 0.3) is 33.4 Å². The van der Waals surface area contributed by atoms with Gasteiger partial charge in [0.25, 0.3) is 0 Å². The second-order valence-electron chi connectivity index (χ2n) is 7.93. The van der Waals surface area contributed by atoms with E-state index in [1.165, 1.54) is 47.4 Å². The second-order valence-corrected chi connectivity index (χ2v) is 13.1. The molecule has 0 spiro atoms. The van der Waals surface area contributed by atoms with Gasteiger partial charge >= 0.3 is 10.5 Å². The zero-order chi connectivity index (χ0) is 19.4. The van der Waals surface area contributed by atoms with Gasteiger partial charge in [-0.25, -0.2) is 0 Å². The van der Waals surface area contributed by atoms with Gasteiger partial charge in [-0.15, -0.1) is 0 Å². The zero-order valence-corrected chi connectivity index (χ0v) is 19.0. The van der Waals surface area contributed by atoms with Crippen molar-refractivity contribution in [1.82, 2.24) is 0 Å². The fourth-order valence-corrected chi connectivity index (χ4v) is 11.2. The number of benzene rings is 4. The highest BCUT2D eigenvalue weighted by atomic mass is 32.2. The maximum absolute atomic E-state index is 2.52. The molecule has 0 atom stereocenters. The van der Waals surface area contributed by atoms with E-state index in [2.05, 4.69) is 72.8 Å². The van der Waals surface area contributed by atoms with Crippen molar-refractivity contribution in [2.24, 2.45) is 0 Å². The molecule has 4 aromatic carbocycles. The molecule has 138 valence electrons. The molecule has 0 nitrogen and oxygen atoms in total. The topological polar surface area (TPSA) is 0 Å². The summed E-state index contributed by atoms with van der Waals surface area (Å²) in [6, 6.07) is 27.4. The Morgan fingerprint density at radius 1 is 0.433 bits per heavy atom. The van der Waals surface area contributed by atoms with Crippen molar-refractivity contribution in [3.8, 4) is 33.4 Å². The van der Waals surface area contributed by atoms with Gasteiger partial charge in [0.2, 0.25) is 0 Å². The first-order valence-electron chi connectivity index (χ1n) is 10.1. The minimum Gasteiger partial charge on any atom is -0.154 e. The molecule has 0 fully saturated rings. The van der Waals surface area contributed by atoms with E-state index in [1.54, 1.807) is 16.5 Å². The van der Waals surface area contributed by atoms with Crippen LogP contribution in [0, 0.1) is 0 Å². The molecule has 0 amide bonds. The Balaban J connectivity index is 1.58. The maximum Gasteiger partial charge on any atom is 0.318 e. The standard InChI is InChI=1S/C24H12B2S4/c1-3-8-17-13(6-1)15-12-16-14-7-2-4-9-18(14)28-26-24(16)22-21-19(10-5-11-20(21)30-26)29-25(27-17)23(15)22/h1-12H. The Labute approximate surface area is 192 Å². The lowest BCUT2D eigenvalue weighted by Gasteiger charge is -2.40. The highest BCUT2D eigenvalue weighted by Crippen LogP contribution is 2.56. The van der Waals surface area contributed by atoms with Crippen molar-refractivity contribution in [2.75, 3.05) is 0 Å². The van der Waals surface area contributed by atoms with Crippen LogP contribution in [0.2, 0.25) is 0 Å². The molecule has 4 heterocycles. The Bertz CT molecular complexity index is 1330. The molecular weight excluding hydrogens is 438 g/mol. The fourth-order valence-electron chi connectivity index (χ4n) is 5.20. The molecule has 0 unspecified atom stereocenters. The molecule has 0 radical (unpaired) electrons. The van der Waals surface area contributed by atoms with Gasteiger partial charge in [0.15, 0.2) is 0 Å². The first kappa shape index (κ1) is 17.0. The Kier molecular flexibility index (Phi) is 3.41. The molecule has 8 rings (SSSR count). The van der Waals surface area contributed by atoms with E-state index >= 15 is 0 Å². The summed E-state index contributed by atoms with van der Waals surface area (Å²) in [7, 11) is 0. The first-order chi connectivity index (χ1) is 14.9. The van der Waals surface area contributed by atoms with Gasteiger partial charge in [-0.3, -0.25) is 0 Å². The van der Waals surface area contributed by atoms with Crippen LogP contribution in [0.15, 0.2) is 92.4 Å². The summed E-state index contributed by atoms with van der Waals surface area (Å²) in [5, 5.41) is 0.868. The molecule has 0 aliphatic carbocycles. The van der Waals surface area contributed by atoms with Crippen LogP contribution in [0.3, 0.4) is 0 Å². The van der Waals surface area contributed by atoms with E-state index in [4.69, 9.17) is 0 Å². The third kappa shape index (κ3) is 2.09. The number of fused-ring (bicyclic) bond motifs is 4. The molecule has 0 N–H and O–H groups in total. The molecule has 0 saturated heterocycles. The molecule has 0 bridgehead atoms. The average Bonchev–Trinajstić information content (AvgIpc) is 2.79. The van der Waals surface area contributed by atoms with E-state index in [-0.39, 0.29) is 0 Å². The van der Waals surface area contributed by atoms with E-state index < -0.39 is 0 Å². The summed E-state index contributed by atoms with van der Waals surface area (Å²) in [6.07, 6.45) is 0. The van der Waals surface area contributed by atoms with E-state index in [0.29, 0.717) is 10.5 Å². The number of rotatable bonds is 0. The smallest absolute Gasteiger partial charge is 0.154 e. The van der Waals surface area contributed by atoms with Gasteiger partial charge in [-0.1, -0.05) is 42.5 Å². The van der Waals surface area contributed by atoms with Crippen molar-refractivity contribution in [3.05, 3.63) is 72.8 Å². The largest absolute Gasteiger partial charge is 0.318 e. The van der Waals surface area contributed by atoms with Crippen molar-refractivity contribution in [3.63, 3.8) is 0 Å². The second kappa shape index (κ2) is 6.01. The molecular formula is C24H12B2S4. The lowest BCUT2D eigenvalue weighted by Crippen LogP contribution is -2.44. The molecule has 0 aromatic heterocycles. The summed E-state index contributed by atoms with van der Waals surface area (Å²) in [5.41, 5.74) is 11.9. The van der Waals surface area contributed by atoms with Crippen LogP contribution < -0.4 is 10.9 Å². The maximum atomic E-state index is 2.52. The molecule has 4 aliphatic heterocycles. The van der Waals surface area contributed by atoms with Gasteiger partial charge in [-0.2, -0.15) is 46.5 Å². The zero-order valence-electron chi connectivity index (χ0n) is 15.7. The SMILES string of the molecule is c1ccc2c(c1)SB1Sc3cccc4c3-c3c1c-2cc1c3B(Sc2ccccc2-1)S4. The van der Waals surface area contributed by atoms with Crippen LogP contribution in [0.5, 0.6) is 0 Å². The van der Waals surface area contributed by atoms with Crippen LogP contribution in [0.4, 0.5) is 0 Å². The number of hydrogen-bond acceptors (Lipinski definition) is 4. The van der Waals surface area contributed by atoms with Gasteiger partial charge in [0.1, 0.15) is 0 Å². The van der Waals surface area contributed by atoms with Crippen molar-refractivity contribution >= 4 is 67.9 Å². The van der Waals surface area contributed by atoms with Gasteiger partial charge in [0.05, 0.1) is 0 Å². The number of hydrogen-bond donors (Lipinski definition) is 0. The molecule has 6 heteroatoms. The van der Waals surface area contributed by atoms with E-state index in [9.17, 15) is 0 Å². The third-order valence-corrected chi connectivity index (χ3v) is 11.8. The van der Waals surface area contributed by atoms with Gasteiger partial charge < -0.3 is 0 Å². The first-order valence-corrected chi connectivity index (χ1v) is 13.6. The summed E-state index contributed by atoms with van der Waals surface area (Å²) >= 11 is 8.16. The predicted molar refractivity (Wildman–Crippen MR) is 137 cm³/mol. The summed E-state index contributed by atoms with van der Waals surface area (Å²) in [4.78, 5) is 5.72. The van der Waals surface area contributed by atoms with E-state index in [1.807, 2.05) is 46.5 Å². The molecule has 0 saturated carbocycles. The van der Waals surface area contributed by atoms with Gasteiger partial charge in [-0.05, 0) is 69.1 Å². The molecule has 4 aliphatic rings. The monoisotopic (exact) mass is 450 g/mol. The minimum atomic E-state index is 0.434. The van der Waals surface area contributed by atoms with Gasteiger partial charge in [0, 0.05) is 25.1 Å². The van der Waals surface area contributed by atoms with E-state index in [0.717, 1.165) is 0 Å². The normalized spacial score (nSPS) is 16.0. The highest BCUT2D eigenvalue weighted by molar-refractivity contribution is 8.56. The van der Waals surface area contributed by atoms with Crippen molar-refractivity contribution in [1.29, 1.82) is 0 Å².